The van der Waals surface area contributed by atoms with Gasteiger partial charge in [-0.25, -0.2) is 0 Å². The van der Waals surface area contributed by atoms with Gasteiger partial charge in [-0.05, 0) is 56.5 Å². The molecule has 0 saturated heterocycles. The van der Waals surface area contributed by atoms with Gasteiger partial charge in [-0.1, -0.05) is 43.2 Å². The maximum atomic E-state index is 12.3. The number of hydrogen-bond donors (Lipinski definition) is 1. The van der Waals surface area contributed by atoms with Crippen LogP contribution in [0.4, 0.5) is 5.69 Å². The van der Waals surface area contributed by atoms with E-state index in [4.69, 9.17) is 4.74 Å². The van der Waals surface area contributed by atoms with Gasteiger partial charge in [-0.2, -0.15) is 0 Å². The smallest absolute Gasteiger partial charge is 0.265 e. The molecule has 1 atom stereocenters. The van der Waals surface area contributed by atoms with Crippen molar-refractivity contribution < 1.29 is 9.53 Å². The van der Waals surface area contributed by atoms with E-state index < -0.39 is 6.10 Å². The molecule has 122 valence electrons. The second-order valence-corrected chi connectivity index (χ2v) is 5.96. The first-order valence-corrected chi connectivity index (χ1v) is 8.13. The van der Waals surface area contributed by atoms with E-state index in [0.29, 0.717) is 5.75 Å². The average Bonchev–Trinajstić information content (AvgIpc) is 2.52. The number of carbonyl (C=O) groups excluding carboxylic acids is 1. The van der Waals surface area contributed by atoms with E-state index in [-0.39, 0.29) is 5.91 Å². The summed E-state index contributed by atoms with van der Waals surface area (Å²) in [5, 5.41) is 2.93. The van der Waals surface area contributed by atoms with Crippen LogP contribution in [0.1, 0.15) is 37.0 Å². The topological polar surface area (TPSA) is 38.3 Å². The van der Waals surface area contributed by atoms with Crippen LogP contribution in [0.15, 0.2) is 42.5 Å². The van der Waals surface area contributed by atoms with Crippen LogP contribution in [0.2, 0.25) is 0 Å². The van der Waals surface area contributed by atoms with Crippen molar-refractivity contribution in [2.24, 2.45) is 0 Å². The van der Waals surface area contributed by atoms with Gasteiger partial charge in [0.2, 0.25) is 0 Å². The summed E-state index contributed by atoms with van der Waals surface area (Å²) < 4.78 is 5.73. The van der Waals surface area contributed by atoms with Crippen LogP contribution in [-0.4, -0.2) is 12.0 Å². The summed E-state index contributed by atoms with van der Waals surface area (Å²) in [4.78, 5) is 12.3. The van der Waals surface area contributed by atoms with Crippen molar-refractivity contribution in [1.82, 2.24) is 0 Å². The van der Waals surface area contributed by atoms with E-state index in [9.17, 15) is 4.79 Å². The Morgan fingerprint density at radius 2 is 1.83 bits per heavy atom. The summed E-state index contributed by atoms with van der Waals surface area (Å²) in [7, 11) is 0. The third-order valence-electron chi connectivity index (χ3n) is 3.78. The number of hydrogen-bond acceptors (Lipinski definition) is 2. The minimum atomic E-state index is -0.548. The molecule has 0 spiro atoms. The minimum Gasteiger partial charge on any atom is -0.481 e. The van der Waals surface area contributed by atoms with Gasteiger partial charge >= 0.3 is 0 Å². The van der Waals surface area contributed by atoms with Crippen LogP contribution in [-0.2, 0) is 11.2 Å². The molecule has 2 rings (SSSR count). The number of ether oxygens (including phenoxy) is 1. The summed E-state index contributed by atoms with van der Waals surface area (Å²) in [6.07, 6.45) is 1.63. The zero-order valence-electron chi connectivity index (χ0n) is 14.3. The summed E-state index contributed by atoms with van der Waals surface area (Å²) in [6.45, 7) is 7.94. The summed E-state index contributed by atoms with van der Waals surface area (Å²) in [6, 6.07) is 13.9. The Hall–Kier alpha value is -2.29. The molecule has 0 bridgehead atoms. The van der Waals surface area contributed by atoms with Crippen LogP contribution in [0.3, 0.4) is 0 Å². The largest absolute Gasteiger partial charge is 0.481 e. The highest BCUT2D eigenvalue weighted by Crippen LogP contribution is 2.18. The third-order valence-corrected chi connectivity index (χ3v) is 3.78. The van der Waals surface area contributed by atoms with Crippen LogP contribution < -0.4 is 10.1 Å². The fourth-order valence-electron chi connectivity index (χ4n) is 2.47. The lowest BCUT2D eigenvalue weighted by Crippen LogP contribution is -2.30. The second-order valence-electron chi connectivity index (χ2n) is 5.96. The Balaban J connectivity index is 1.96. The molecule has 23 heavy (non-hydrogen) atoms. The molecule has 0 aliphatic heterocycles. The van der Waals surface area contributed by atoms with E-state index >= 15 is 0 Å². The standard InChI is InChI=1S/C20H25NO2/c1-5-6-17-8-10-18(11-9-17)23-16(4)20(22)21-19-12-7-14(2)13-15(19)3/h7-13,16H,5-6H2,1-4H3,(H,21,22). The summed E-state index contributed by atoms with van der Waals surface area (Å²) >= 11 is 0. The quantitative estimate of drug-likeness (QED) is 0.842. The Labute approximate surface area is 138 Å². The maximum absolute atomic E-state index is 12.3. The monoisotopic (exact) mass is 311 g/mol. The van der Waals surface area contributed by atoms with E-state index in [0.717, 1.165) is 24.1 Å². The average molecular weight is 311 g/mol. The van der Waals surface area contributed by atoms with Crippen molar-refractivity contribution >= 4 is 11.6 Å². The van der Waals surface area contributed by atoms with Gasteiger partial charge in [0.1, 0.15) is 5.75 Å². The molecule has 1 N–H and O–H groups in total. The molecule has 2 aromatic rings. The van der Waals surface area contributed by atoms with Gasteiger partial charge in [-0.15, -0.1) is 0 Å². The first-order valence-electron chi connectivity index (χ1n) is 8.13. The van der Waals surface area contributed by atoms with E-state index in [2.05, 4.69) is 12.2 Å². The SMILES string of the molecule is CCCc1ccc(OC(C)C(=O)Nc2ccc(C)cc2C)cc1. The number of nitrogens with one attached hydrogen (secondary N) is 1. The van der Waals surface area contributed by atoms with Crippen LogP contribution in [0.5, 0.6) is 5.75 Å². The third kappa shape index (κ3) is 4.85. The Morgan fingerprint density at radius 3 is 2.43 bits per heavy atom. The number of carbonyl (C=O) groups is 1. The molecule has 3 heteroatoms. The molecular formula is C20H25NO2. The van der Waals surface area contributed by atoms with Crippen molar-refractivity contribution in [2.45, 2.75) is 46.6 Å². The van der Waals surface area contributed by atoms with Gasteiger partial charge in [0.25, 0.3) is 5.91 Å². The highest BCUT2D eigenvalue weighted by atomic mass is 16.5. The normalized spacial score (nSPS) is 11.8. The Kier molecular flexibility index (Phi) is 5.80. The summed E-state index contributed by atoms with van der Waals surface area (Å²) in [5.74, 6) is 0.572. The lowest BCUT2D eigenvalue weighted by molar-refractivity contribution is -0.122. The Bertz CT molecular complexity index is 662. The molecule has 0 aromatic heterocycles. The van der Waals surface area contributed by atoms with Crippen LogP contribution >= 0.6 is 0 Å². The van der Waals surface area contributed by atoms with E-state index in [1.165, 1.54) is 11.1 Å². The van der Waals surface area contributed by atoms with Crippen molar-refractivity contribution in [3.8, 4) is 5.75 Å². The summed E-state index contributed by atoms with van der Waals surface area (Å²) in [5.41, 5.74) is 4.34. The molecular weight excluding hydrogens is 286 g/mol. The van der Waals surface area contributed by atoms with Gasteiger partial charge in [-0.3, -0.25) is 4.79 Å². The molecule has 0 heterocycles. The van der Waals surface area contributed by atoms with Crippen LogP contribution in [0, 0.1) is 13.8 Å². The van der Waals surface area contributed by atoms with Gasteiger partial charge < -0.3 is 10.1 Å². The molecule has 2 aromatic carbocycles. The zero-order valence-corrected chi connectivity index (χ0v) is 14.3. The molecule has 1 unspecified atom stereocenters. The lowest BCUT2D eigenvalue weighted by Gasteiger charge is -2.16. The number of aryl methyl sites for hydroxylation is 3. The van der Waals surface area contributed by atoms with Gasteiger partial charge in [0.05, 0.1) is 0 Å². The molecule has 0 aliphatic rings. The highest BCUT2D eigenvalue weighted by Gasteiger charge is 2.15. The van der Waals surface area contributed by atoms with Crippen molar-refractivity contribution in [3.05, 3.63) is 59.2 Å². The van der Waals surface area contributed by atoms with Crippen molar-refractivity contribution in [2.75, 3.05) is 5.32 Å². The molecule has 0 radical (unpaired) electrons. The maximum Gasteiger partial charge on any atom is 0.265 e. The molecule has 0 aliphatic carbocycles. The van der Waals surface area contributed by atoms with Crippen LogP contribution in [0.25, 0.3) is 0 Å². The zero-order chi connectivity index (χ0) is 16.8. The van der Waals surface area contributed by atoms with Crippen molar-refractivity contribution in [3.63, 3.8) is 0 Å². The van der Waals surface area contributed by atoms with Crippen molar-refractivity contribution in [1.29, 1.82) is 0 Å². The van der Waals surface area contributed by atoms with E-state index in [1.807, 2.05) is 56.3 Å². The second kappa shape index (κ2) is 7.82. The number of amides is 1. The predicted octanol–water partition coefficient (Wildman–Crippen LogP) is 4.66. The lowest BCUT2D eigenvalue weighted by atomic mass is 10.1. The Morgan fingerprint density at radius 1 is 1.13 bits per heavy atom. The van der Waals surface area contributed by atoms with E-state index in [1.54, 1.807) is 6.92 Å². The first kappa shape index (κ1) is 17.1. The molecule has 0 fully saturated rings. The van der Waals surface area contributed by atoms with Gasteiger partial charge in [0, 0.05) is 5.69 Å². The predicted molar refractivity (Wildman–Crippen MR) is 95.1 cm³/mol. The van der Waals surface area contributed by atoms with Gasteiger partial charge in [0.15, 0.2) is 6.10 Å². The first-order chi connectivity index (χ1) is 11.0. The highest BCUT2D eigenvalue weighted by molar-refractivity contribution is 5.94. The molecule has 0 saturated carbocycles. The minimum absolute atomic E-state index is 0.144. The molecule has 3 nitrogen and oxygen atoms in total. The fourth-order valence-corrected chi connectivity index (χ4v) is 2.47. The number of benzene rings is 2. The molecule has 1 amide bonds. The fraction of sp³-hybridized carbons (Fsp3) is 0.350. The number of rotatable bonds is 6. The number of anilines is 1.